The first-order valence-electron chi connectivity index (χ1n) is 7.35. The van der Waals surface area contributed by atoms with E-state index >= 15 is 0 Å². The fourth-order valence-electron chi connectivity index (χ4n) is 2.93. The summed E-state index contributed by atoms with van der Waals surface area (Å²) in [5, 5.41) is 0. The molecule has 5 heteroatoms. The van der Waals surface area contributed by atoms with E-state index in [-0.39, 0.29) is 5.41 Å². The lowest BCUT2D eigenvalue weighted by atomic mass is 9.96. The molecule has 5 nitrogen and oxygen atoms in total. The number of nitrogens with zero attached hydrogens (tertiary/aromatic N) is 4. The molecule has 20 heavy (non-hydrogen) atoms. The maximum Gasteiger partial charge on any atom is 0.135 e. The summed E-state index contributed by atoms with van der Waals surface area (Å²) in [6.45, 7) is 10.2. The lowest BCUT2D eigenvalue weighted by Crippen LogP contribution is -2.48. The monoisotopic (exact) mass is 276 g/mol. The summed E-state index contributed by atoms with van der Waals surface area (Å²) in [5.74, 6) is 1.93. The number of fused-ring (bicyclic) bond motifs is 1. The Labute approximate surface area is 121 Å². The summed E-state index contributed by atoms with van der Waals surface area (Å²) >= 11 is 0. The highest BCUT2D eigenvalue weighted by Gasteiger charge is 2.39. The van der Waals surface area contributed by atoms with Crippen LogP contribution in [-0.4, -0.2) is 60.3 Å². The Morgan fingerprint density at radius 2 is 2.10 bits per heavy atom. The number of likely N-dealkylation sites (N-methyl/N-ethyl adjacent to an activating group) is 1. The van der Waals surface area contributed by atoms with Crippen molar-refractivity contribution in [3.05, 3.63) is 18.1 Å². The van der Waals surface area contributed by atoms with Gasteiger partial charge in [0.1, 0.15) is 11.6 Å². The van der Waals surface area contributed by atoms with E-state index in [2.05, 4.69) is 42.6 Å². The summed E-state index contributed by atoms with van der Waals surface area (Å²) in [7, 11) is 2.18. The molecule has 2 unspecified atom stereocenters. The molecule has 0 amide bonds. The average Bonchev–Trinajstić information content (AvgIpc) is 2.83. The molecule has 0 N–H and O–H groups in total. The van der Waals surface area contributed by atoms with Gasteiger partial charge in [0.05, 0.1) is 18.8 Å². The Morgan fingerprint density at radius 3 is 2.80 bits per heavy atom. The van der Waals surface area contributed by atoms with Crippen LogP contribution in [0, 0.1) is 0 Å². The van der Waals surface area contributed by atoms with Crippen LogP contribution >= 0.6 is 0 Å². The van der Waals surface area contributed by atoms with Gasteiger partial charge in [-0.3, -0.25) is 4.90 Å². The molecule has 0 radical (unpaired) electrons. The molecule has 2 saturated heterocycles. The van der Waals surface area contributed by atoms with Gasteiger partial charge in [-0.05, 0) is 13.1 Å². The quantitative estimate of drug-likeness (QED) is 0.773. The van der Waals surface area contributed by atoms with Crippen LogP contribution in [0.1, 0.15) is 26.6 Å². The Balaban J connectivity index is 1.81. The number of hydrogen-bond acceptors (Lipinski definition) is 5. The van der Waals surface area contributed by atoms with E-state index in [0.717, 1.165) is 37.9 Å². The fraction of sp³-hybridized carbons (Fsp3) is 0.733. The standard InChI is InChI=1S/C15H24N4O/c1-15(2,3)14-16-6-5-13(17-14)19-9-11-12(10-19)20-8-7-18(11)4/h5-6,11-12H,7-10H2,1-4H3. The van der Waals surface area contributed by atoms with Crippen LogP contribution in [0.4, 0.5) is 5.82 Å². The maximum absolute atomic E-state index is 5.89. The molecule has 0 bridgehead atoms. The molecule has 0 aromatic carbocycles. The van der Waals surface area contributed by atoms with Gasteiger partial charge in [-0.2, -0.15) is 0 Å². The number of rotatable bonds is 1. The average molecular weight is 276 g/mol. The van der Waals surface area contributed by atoms with Gasteiger partial charge in [0.2, 0.25) is 0 Å². The van der Waals surface area contributed by atoms with Crippen molar-refractivity contribution in [3.63, 3.8) is 0 Å². The fourth-order valence-corrected chi connectivity index (χ4v) is 2.93. The van der Waals surface area contributed by atoms with E-state index in [1.807, 2.05) is 12.3 Å². The van der Waals surface area contributed by atoms with Gasteiger partial charge in [0.25, 0.3) is 0 Å². The summed E-state index contributed by atoms with van der Waals surface area (Å²) in [6, 6.07) is 2.49. The molecule has 110 valence electrons. The van der Waals surface area contributed by atoms with Crippen LogP contribution < -0.4 is 4.90 Å². The lowest BCUT2D eigenvalue weighted by molar-refractivity contribution is -0.0362. The molecule has 2 atom stereocenters. The van der Waals surface area contributed by atoms with Crippen LogP contribution in [0.3, 0.4) is 0 Å². The van der Waals surface area contributed by atoms with Crippen molar-refractivity contribution in [2.24, 2.45) is 0 Å². The molecule has 2 aliphatic rings. The molecule has 3 heterocycles. The third-order valence-corrected chi connectivity index (χ3v) is 4.21. The van der Waals surface area contributed by atoms with Crippen molar-refractivity contribution in [2.75, 3.05) is 38.2 Å². The van der Waals surface area contributed by atoms with Crippen molar-refractivity contribution >= 4 is 5.82 Å². The molecule has 0 saturated carbocycles. The Bertz CT molecular complexity index is 485. The largest absolute Gasteiger partial charge is 0.373 e. The van der Waals surface area contributed by atoms with Gasteiger partial charge >= 0.3 is 0 Å². The summed E-state index contributed by atoms with van der Waals surface area (Å²) in [5.41, 5.74) is -0.0181. The molecular formula is C15H24N4O. The third kappa shape index (κ3) is 2.52. The molecule has 1 aromatic rings. The zero-order chi connectivity index (χ0) is 14.3. The first kappa shape index (κ1) is 13.8. The van der Waals surface area contributed by atoms with E-state index in [1.165, 1.54) is 0 Å². The minimum atomic E-state index is -0.0181. The first-order chi connectivity index (χ1) is 9.45. The van der Waals surface area contributed by atoms with Gasteiger partial charge in [-0.15, -0.1) is 0 Å². The van der Waals surface area contributed by atoms with Crippen molar-refractivity contribution < 1.29 is 4.74 Å². The predicted octanol–water partition coefficient (Wildman–Crippen LogP) is 1.29. The van der Waals surface area contributed by atoms with E-state index in [9.17, 15) is 0 Å². The van der Waals surface area contributed by atoms with Gasteiger partial charge in [-0.25, -0.2) is 9.97 Å². The zero-order valence-corrected chi connectivity index (χ0v) is 12.8. The Morgan fingerprint density at radius 1 is 1.30 bits per heavy atom. The highest BCUT2D eigenvalue weighted by molar-refractivity contribution is 5.41. The van der Waals surface area contributed by atoms with Gasteiger partial charge in [0.15, 0.2) is 0 Å². The van der Waals surface area contributed by atoms with Crippen LogP contribution in [0.15, 0.2) is 12.3 Å². The van der Waals surface area contributed by atoms with Gasteiger partial charge in [-0.1, -0.05) is 20.8 Å². The normalized spacial score (nSPS) is 27.7. The van der Waals surface area contributed by atoms with Crippen molar-refractivity contribution in [2.45, 2.75) is 38.3 Å². The number of morpholine rings is 1. The number of ether oxygens (including phenoxy) is 1. The van der Waals surface area contributed by atoms with Crippen molar-refractivity contribution in [1.29, 1.82) is 0 Å². The number of aromatic nitrogens is 2. The Hall–Kier alpha value is -1.20. The van der Waals surface area contributed by atoms with Crippen LogP contribution in [0.2, 0.25) is 0 Å². The maximum atomic E-state index is 5.89. The van der Waals surface area contributed by atoms with Gasteiger partial charge < -0.3 is 9.64 Å². The zero-order valence-electron chi connectivity index (χ0n) is 12.8. The minimum absolute atomic E-state index is 0.0181. The smallest absolute Gasteiger partial charge is 0.135 e. The first-order valence-corrected chi connectivity index (χ1v) is 7.35. The second-order valence-electron chi connectivity index (χ2n) is 6.85. The topological polar surface area (TPSA) is 41.5 Å². The molecular weight excluding hydrogens is 252 g/mol. The Kier molecular flexibility index (Phi) is 3.42. The number of hydrogen-bond donors (Lipinski definition) is 0. The summed E-state index contributed by atoms with van der Waals surface area (Å²) in [6.07, 6.45) is 2.18. The van der Waals surface area contributed by atoms with E-state index in [1.54, 1.807) is 0 Å². The molecule has 0 spiro atoms. The second-order valence-corrected chi connectivity index (χ2v) is 6.85. The second kappa shape index (κ2) is 4.97. The highest BCUT2D eigenvalue weighted by atomic mass is 16.5. The van der Waals surface area contributed by atoms with E-state index < -0.39 is 0 Å². The number of anilines is 1. The highest BCUT2D eigenvalue weighted by Crippen LogP contribution is 2.27. The van der Waals surface area contributed by atoms with Crippen molar-refractivity contribution in [1.82, 2.24) is 14.9 Å². The lowest BCUT2D eigenvalue weighted by Gasteiger charge is -2.33. The summed E-state index contributed by atoms with van der Waals surface area (Å²) < 4.78 is 5.89. The molecule has 2 fully saturated rings. The van der Waals surface area contributed by atoms with Crippen LogP contribution in [0.5, 0.6) is 0 Å². The molecule has 2 aliphatic heterocycles. The van der Waals surface area contributed by atoms with Crippen LogP contribution in [0.25, 0.3) is 0 Å². The molecule has 3 rings (SSSR count). The van der Waals surface area contributed by atoms with Crippen LogP contribution in [-0.2, 0) is 10.2 Å². The molecule has 0 aliphatic carbocycles. The summed E-state index contributed by atoms with van der Waals surface area (Å²) in [4.78, 5) is 13.9. The van der Waals surface area contributed by atoms with E-state index in [0.29, 0.717) is 12.1 Å². The molecule has 1 aromatic heterocycles. The van der Waals surface area contributed by atoms with Gasteiger partial charge in [0, 0.05) is 31.2 Å². The minimum Gasteiger partial charge on any atom is -0.373 e. The van der Waals surface area contributed by atoms with E-state index in [4.69, 9.17) is 9.72 Å². The third-order valence-electron chi connectivity index (χ3n) is 4.21. The predicted molar refractivity (Wildman–Crippen MR) is 79.1 cm³/mol. The van der Waals surface area contributed by atoms with Crippen molar-refractivity contribution in [3.8, 4) is 0 Å². The SMILES string of the molecule is CN1CCOC2CN(c3ccnc(C(C)(C)C)n3)CC21.